The largest absolute Gasteiger partial charge is 0.449 e. The molecule has 0 aliphatic rings. The Kier molecular flexibility index (Phi) is 4.47. The standard InChI is InChI=1S/C22H21N3O3/c1-12-6-5-7-16(10-12)21-25-24-20(28-21)15(4)27-22(26)17-8-9-19-18(11-17)13(2)14(3)23-19/h5-11,15,23H,1-4H3. The van der Waals surface area contributed by atoms with Gasteiger partial charge in [0.2, 0.25) is 5.89 Å². The smallest absolute Gasteiger partial charge is 0.338 e. The molecule has 0 amide bonds. The number of aromatic amines is 1. The average molecular weight is 375 g/mol. The maximum atomic E-state index is 12.6. The summed E-state index contributed by atoms with van der Waals surface area (Å²) in [5.74, 6) is 0.240. The van der Waals surface area contributed by atoms with Crippen LogP contribution in [0.1, 0.15) is 46.1 Å². The van der Waals surface area contributed by atoms with Gasteiger partial charge >= 0.3 is 5.97 Å². The van der Waals surface area contributed by atoms with Crippen LogP contribution in [0.25, 0.3) is 22.4 Å². The van der Waals surface area contributed by atoms with Crippen molar-refractivity contribution in [1.82, 2.24) is 15.2 Å². The van der Waals surface area contributed by atoms with Crippen LogP contribution in [0.4, 0.5) is 0 Å². The number of benzene rings is 2. The summed E-state index contributed by atoms with van der Waals surface area (Å²) in [6.45, 7) is 7.75. The van der Waals surface area contributed by atoms with E-state index in [1.54, 1.807) is 13.0 Å². The molecule has 2 aromatic carbocycles. The second kappa shape index (κ2) is 6.96. The van der Waals surface area contributed by atoms with Crippen LogP contribution in [-0.2, 0) is 4.74 Å². The number of nitrogens with one attached hydrogen (secondary N) is 1. The highest BCUT2D eigenvalue weighted by molar-refractivity contribution is 5.96. The lowest BCUT2D eigenvalue weighted by Gasteiger charge is -2.09. The Bertz CT molecular complexity index is 1170. The van der Waals surface area contributed by atoms with E-state index < -0.39 is 12.1 Å². The van der Waals surface area contributed by atoms with Gasteiger partial charge in [-0.2, -0.15) is 0 Å². The third-order valence-corrected chi connectivity index (χ3v) is 4.88. The number of hydrogen-bond acceptors (Lipinski definition) is 5. The molecule has 2 heterocycles. The van der Waals surface area contributed by atoms with Crippen LogP contribution in [0.3, 0.4) is 0 Å². The molecule has 0 saturated carbocycles. The van der Waals surface area contributed by atoms with Crippen LogP contribution in [0.5, 0.6) is 0 Å². The molecule has 6 heteroatoms. The summed E-state index contributed by atoms with van der Waals surface area (Å²) < 4.78 is 11.3. The fraction of sp³-hybridized carbons (Fsp3) is 0.227. The van der Waals surface area contributed by atoms with Crippen molar-refractivity contribution >= 4 is 16.9 Å². The summed E-state index contributed by atoms with van der Waals surface area (Å²) in [6.07, 6.45) is -0.650. The van der Waals surface area contributed by atoms with Crippen molar-refractivity contribution in [1.29, 1.82) is 0 Å². The Morgan fingerprint density at radius 3 is 2.71 bits per heavy atom. The number of nitrogens with zero attached hydrogens (tertiary/aromatic N) is 2. The molecule has 0 fully saturated rings. The molecule has 4 rings (SSSR count). The van der Waals surface area contributed by atoms with E-state index in [4.69, 9.17) is 9.15 Å². The average Bonchev–Trinajstić information content (AvgIpc) is 3.27. The molecule has 1 unspecified atom stereocenters. The molecular weight excluding hydrogens is 354 g/mol. The summed E-state index contributed by atoms with van der Waals surface area (Å²) in [7, 11) is 0. The SMILES string of the molecule is Cc1cccc(-c2nnc(C(C)OC(=O)c3ccc4[nH]c(C)c(C)c4c3)o2)c1. The van der Waals surface area contributed by atoms with Gasteiger partial charge in [-0.05, 0) is 63.6 Å². The van der Waals surface area contributed by atoms with Gasteiger partial charge < -0.3 is 14.1 Å². The Hall–Kier alpha value is -3.41. The minimum Gasteiger partial charge on any atom is -0.449 e. The maximum absolute atomic E-state index is 12.6. The van der Waals surface area contributed by atoms with E-state index in [1.165, 1.54) is 0 Å². The van der Waals surface area contributed by atoms with Crippen molar-refractivity contribution < 1.29 is 13.9 Å². The molecule has 0 saturated heterocycles. The molecule has 1 atom stereocenters. The molecule has 4 aromatic rings. The van der Waals surface area contributed by atoms with E-state index in [0.29, 0.717) is 11.5 Å². The third-order valence-electron chi connectivity index (χ3n) is 4.88. The van der Waals surface area contributed by atoms with Crippen LogP contribution in [-0.4, -0.2) is 21.2 Å². The summed E-state index contributed by atoms with van der Waals surface area (Å²) >= 11 is 0. The number of carbonyl (C=O) groups is 1. The molecule has 0 spiro atoms. The van der Waals surface area contributed by atoms with Gasteiger partial charge in [0.1, 0.15) is 0 Å². The van der Waals surface area contributed by atoms with Crippen molar-refractivity contribution in [3.8, 4) is 11.5 Å². The quantitative estimate of drug-likeness (QED) is 0.504. The molecule has 0 radical (unpaired) electrons. The van der Waals surface area contributed by atoms with Crippen LogP contribution in [0, 0.1) is 20.8 Å². The zero-order chi connectivity index (χ0) is 19.8. The molecule has 0 aliphatic heterocycles. The maximum Gasteiger partial charge on any atom is 0.338 e. The van der Waals surface area contributed by atoms with Crippen LogP contribution in [0.15, 0.2) is 46.9 Å². The normalized spacial score (nSPS) is 12.3. The zero-order valence-corrected chi connectivity index (χ0v) is 16.2. The minimum atomic E-state index is -0.650. The summed E-state index contributed by atoms with van der Waals surface area (Å²) in [5.41, 5.74) is 5.63. The van der Waals surface area contributed by atoms with E-state index in [-0.39, 0.29) is 5.89 Å². The molecule has 2 aromatic heterocycles. The lowest BCUT2D eigenvalue weighted by atomic mass is 10.1. The van der Waals surface area contributed by atoms with E-state index in [2.05, 4.69) is 15.2 Å². The monoisotopic (exact) mass is 375 g/mol. The number of aryl methyl sites for hydroxylation is 3. The number of aromatic nitrogens is 3. The molecule has 1 N–H and O–H groups in total. The van der Waals surface area contributed by atoms with Gasteiger partial charge in [0.05, 0.1) is 5.56 Å². The number of H-pyrrole nitrogens is 1. The van der Waals surface area contributed by atoms with Crippen LogP contribution in [0.2, 0.25) is 0 Å². The lowest BCUT2D eigenvalue weighted by molar-refractivity contribution is 0.0280. The van der Waals surface area contributed by atoms with Crippen LogP contribution >= 0.6 is 0 Å². The van der Waals surface area contributed by atoms with Gasteiger partial charge in [-0.25, -0.2) is 4.79 Å². The first-order valence-corrected chi connectivity index (χ1v) is 9.12. The Labute approximate surface area is 162 Å². The fourth-order valence-corrected chi connectivity index (χ4v) is 3.16. The summed E-state index contributed by atoms with van der Waals surface area (Å²) in [6, 6.07) is 13.3. The van der Waals surface area contributed by atoms with Crippen molar-refractivity contribution in [3.05, 3.63) is 70.7 Å². The number of hydrogen-bond donors (Lipinski definition) is 1. The van der Waals surface area contributed by atoms with Gasteiger partial charge in [0.25, 0.3) is 5.89 Å². The number of ether oxygens (including phenoxy) is 1. The van der Waals surface area contributed by atoms with Gasteiger partial charge in [-0.3, -0.25) is 0 Å². The topological polar surface area (TPSA) is 81.0 Å². The molecule has 0 bridgehead atoms. The minimum absolute atomic E-state index is 0.264. The summed E-state index contributed by atoms with van der Waals surface area (Å²) in [4.78, 5) is 15.9. The van der Waals surface area contributed by atoms with Crippen molar-refractivity contribution in [2.75, 3.05) is 0 Å². The van der Waals surface area contributed by atoms with E-state index in [0.717, 1.165) is 33.3 Å². The number of carbonyl (C=O) groups excluding carboxylic acids is 1. The first kappa shape index (κ1) is 18.0. The molecule has 28 heavy (non-hydrogen) atoms. The van der Waals surface area contributed by atoms with Gasteiger partial charge in [0, 0.05) is 22.2 Å². The first-order valence-electron chi connectivity index (χ1n) is 9.12. The highest BCUT2D eigenvalue weighted by Gasteiger charge is 2.20. The van der Waals surface area contributed by atoms with E-state index in [1.807, 2.05) is 57.2 Å². The number of fused-ring (bicyclic) bond motifs is 1. The fourth-order valence-electron chi connectivity index (χ4n) is 3.16. The lowest BCUT2D eigenvalue weighted by Crippen LogP contribution is -2.09. The predicted octanol–water partition coefficient (Wildman–Crippen LogP) is 5.06. The Balaban J connectivity index is 1.53. The summed E-state index contributed by atoms with van der Waals surface area (Å²) in [5, 5.41) is 9.12. The highest BCUT2D eigenvalue weighted by atomic mass is 16.6. The van der Waals surface area contributed by atoms with E-state index in [9.17, 15) is 4.79 Å². The Morgan fingerprint density at radius 2 is 1.93 bits per heavy atom. The van der Waals surface area contributed by atoms with Crippen LogP contribution < -0.4 is 0 Å². The molecular formula is C22H21N3O3. The third kappa shape index (κ3) is 3.29. The van der Waals surface area contributed by atoms with Crippen molar-refractivity contribution in [2.24, 2.45) is 0 Å². The second-order valence-corrected chi connectivity index (χ2v) is 7.00. The van der Waals surface area contributed by atoms with Gasteiger partial charge in [-0.15, -0.1) is 10.2 Å². The van der Waals surface area contributed by atoms with Gasteiger partial charge in [-0.1, -0.05) is 17.7 Å². The second-order valence-electron chi connectivity index (χ2n) is 7.00. The van der Waals surface area contributed by atoms with Crippen molar-refractivity contribution in [3.63, 3.8) is 0 Å². The molecule has 6 nitrogen and oxygen atoms in total. The van der Waals surface area contributed by atoms with E-state index >= 15 is 0 Å². The number of esters is 1. The zero-order valence-electron chi connectivity index (χ0n) is 16.2. The molecule has 142 valence electrons. The number of rotatable bonds is 4. The Morgan fingerprint density at radius 1 is 1.11 bits per heavy atom. The highest BCUT2D eigenvalue weighted by Crippen LogP contribution is 2.26. The predicted molar refractivity (Wildman–Crippen MR) is 106 cm³/mol. The first-order chi connectivity index (χ1) is 13.4. The van der Waals surface area contributed by atoms with Gasteiger partial charge in [0.15, 0.2) is 6.10 Å². The van der Waals surface area contributed by atoms with Crippen molar-refractivity contribution in [2.45, 2.75) is 33.8 Å². The molecule has 0 aliphatic carbocycles.